The third kappa shape index (κ3) is 2.87. The Bertz CT molecular complexity index is 889. The predicted molar refractivity (Wildman–Crippen MR) is 81.2 cm³/mol. The van der Waals surface area contributed by atoms with Crippen molar-refractivity contribution in [2.75, 3.05) is 5.32 Å². The lowest BCUT2D eigenvalue weighted by molar-refractivity contribution is -0.137. The number of carbonyl (C=O) groups is 1. The maximum atomic E-state index is 13.2. The third-order valence-electron chi connectivity index (χ3n) is 3.36. The zero-order valence-electron chi connectivity index (χ0n) is 11.4. The number of anilines is 1. The zero-order valence-corrected chi connectivity index (χ0v) is 12.2. The number of nitrogens with zero attached hydrogens (tertiary/aromatic N) is 1. The molecule has 0 unspecified atom stereocenters. The summed E-state index contributed by atoms with van der Waals surface area (Å²) in [6.07, 6.45) is -4.08. The van der Waals surface area contributed by atoms with E-state index in [1.165, 1.54) is 18.2 Å². The first-order valence-corrected chi connectivity index (χ1v) is 6.83. The highest BCUT2D eigenvalue weighted by Crippen LogP contribution is 2.39. The summed E-state index contributed by atoms with van der Waals surface area (Å²) in [5.41, 5.74) is 0.122. The maximum Gasteiger partial charge on any atom is 0.417 e. The van der Waals surface area contributed by atoms with E-state index < -0.39 is 11.7 Å². The number of carbonyl (C=O) groups excluding carboxylic acids is 1. The Morgan fingerprint density at radius 3 is 2.65 bits per heavy atom. The van der Waals surface area contributed by atoms with Crippen molar-refractivity contribution in [3.8, 4) is 11.1 Å². The van der Waals surface area contributed by atoms with Crippen LogP contribution in [0.1, 0.15) is 5.56 Å². The summed E-state index contributed by atoms with van der Waals surface area (Å²) in [4.78, 5) is 10.6. The number of amides is 1. The third-order valence-corrected chi connectivity index (χ3v) is 3.59. The molecule has 0 fully saturated rings. The SMILES string of the molecule is O=CNc1n[nH]c2ccc(-c3ccc(Cl)cc3C(F)(F)F)cc12. The van der Waals surface area contributed by atoms with Crippen LogP contribution in [0.2, 0.25) is 5.02 Å². The first-order chi connectivity index (χ1) is 10.9. The Kier molecular flexibility index (Phi) is 3.73. The summed E-state index contributed by atoms with van der Waals surface area (Å²) in [5.74, 6) is 0.249. The molecule has 0 saturated heterocycles. The highest BCUT2D eigenvalue weighted by atomic mass is 35.5. The minimum Gasteiger partial charge on any atom is -0.311 e. The lowest BCUT2D eigenvalue weighted by Gasteiger charge is -2.13. The van der Waals surface area contributed by atoms with Crippen LogP contribution in [0.25, 0.3) is 22.0 Å². The Morgan fingerprint density at radius 1 is 1.17 bits per heavy atom. The van der Waals surface area contributed by atoms with Crippen LogP contribution in [0.5, 0.6) is 0 Å². The molecule has 2 aromatic carbocycles. The summed E-state index contributed by atoms with van der Waals surface area (Å²) in [6, 6.07) is 8.28. The van der Waals surface area contributed by atoms with Gasteiger partial charge in [0.2, 0.25) is 6.41 Å². The molecule has 8 heteroatoms. The van der Waals surface area contributed by atoms with Gasteiger partial charge in [0.15, 0.2) is 5.82 Å². The Labute approximate surface area is 133 Å². The van der Waals surface area contributed by atoms with Gasteiger partial charge in [-0.3, -0.25) is 9.89 Å². The average molecular weight is 340 g/mol. The summed E-state index contributed by atoms with van der Waals surface area (Å²) in [7, 11) is 0. The molecule has 118 valence electrons. The van der Waals surface area contributed by atoms with Crippen molar-refractivity contribution in [2.45, 2.75) is 6.18 Å². The van der Waals surface area contributed by atoms with Gasteiger partial charge in [-0.15, -0.1) is 0 Å². The number of halogens is 4. The molecule has 0 radical (unpaired) electrons. The molecular formula is C15H9ClF3N3O. The van der Waals surface area contributed by atoms with Crippen LogP contribution >= 0.6 is 11.6 Å². The van der Waals surface area contributed by atoms with Gasteiger partial charge in [0.1, 0.15) is 0 Å². The first kappa shape index (κ1) is 15.4. The van der Waals surface area contributed by atoms with E-state index in [9.17, 15) is 18.0 Å². The zero-order chi connectivity index (χ0) is 16.6. The van der Waals surface area contributed by atoms with E-state index in [4.69, 9.17) is 11.6 Å². The van der Waals surface area contributed by atoms with Gasteiger partial charge in [-0.05, 0) is 35.4 Å². The number of benzene rings is 2. The standard InChI is InChI=1S/C15H9ClF3N3O/c16-9-2-3-10(12(6-9)15(17,18)19)8-1-4-13-11(5-8)14(20-7-23)22-21-13/h1-7H,(H2,20,21,22,23). The summed E-state index contributed by atoms with van der Waals surface area (Å²) in [5, 5.41) is 9.50. The molecule has 1 aromatic heterocycles. The fourth-order valence-corrected chi connectivity index (χ4v) is 2.52. The van der Waals surface area contributed by atoms with Crippen molar-refractivity contribution >= 4 is 34.7 Å². The van der Waals surface area contributed by atoms with Crippen molar-refractivity contribution in [1.82, 2.24) is 10.2 Å². The summed E-state index contributed by atoms with van der Waals surface area (Å²) >= 11 is 5.69. The van der Waals surface area contributed by atoms with Crippen molar-refractivity contribution in [3.63, 3.8) is 0 Å². The number of fused-ring (bicyclic) bond motifs is 1. The highest BCUT2D eigenvalue weighted by Gasteiger charge is 2.34. The molecule has 0 bridgehead atoms. The normalized spacial score (nSPS) is 11.7. The Morgan fingerprint density at radius 2 is 1.96 bits per heavy atom. The van der Waals surface area contributed by atoms with Crippen LogP contribution in [0.3, 0.4) is 0 Å². The van der Waals surface area contributed by atoms with E-state index in [2.05, 4.69) is 15.5 Å². The van der Waals surface area contributed by atoms with Gasteiger partial charge in [0, 0.05) is 10.4 Å². The molecular weight excluding hydrogens is 331 g/mol. The van der Waals surface area contributed by atoms with E-state index in [1.807, 2.05) is 0 Å². The van der Waals surface area contributed by atoms with Crippen molar-refractivity contribution in [1.29, 1.82) is 0 Å². The van der Waals surface area contributed by atoms with Gasteiger partial charge in [-0.1, -0.05) is 23.7 Å². The first-order valence-electron chi connectivity index (χ1n) is 6.45. The van der Waals surface area contributed by atoms with Crippen LogP contribution in [0, 0.1) is 0 Å². The van der Waals surface area contributed by atoms with Crippen LogP contribution < -0.4 is 5.32 Å². The minimum absolute atomic E-state index is 0.00190. The number of rotatable bonds is 3. The predicted octanol–water partition coefficient (Wildman–Crippen LogP) is 4.47. The van der Waals surface area contributed by atoms with E-state index in [1.54, 1.807) is 12.1 Å². The van der Waals surface area contributed by atoms with Gasteiger partial charge in [0.25, 0.3) is 0 Å². The fraction of sp³-hybridized carbons (Fsp3) is 0.0667. The largest absolute Gasteiger partial charge is 0.417 e. The molecule has 3 aromatic rings. The highest BCUT2D eigenvalue weighted by molar-refractivity contribution is 6.30. The second kappa shape index (κ2) is 5.58. The summed E-state index contributed by atoms with van der Waals surface area (Å²) in [6.45, 7) is 0. The van der Waals surface area contributed by atoms with Gasteiger partial charge >= 0.3 is 6.18 Å². The smallest absolute Gasteiger partial charge is 0.311 e. The number of aromatic amines is 1. The molecule has 4 nitrogen and oxygen atoms in total. The van der Waals surface area contributed by atoms with Crippen molar-refractivity contribution in [2.24, 2.45) is 0 Å². The van der Waals surface area contributed by atoms with Crippen LogP contribution in [0.15, 0.2) is 36.4 Å². The molecule has 23 heavy (non-hydrogen) atoms. The average Bonchev–Trinajstić information content (AvgIpc) is 2.89. The minimum atomic E-state index is -4.53. The number of hydrogen-bond donors (Lipinski definition) is 2. The summed E-state index contributed by atoms with van der Waals surface area (Å²) < 4.78 is 39.7. The van der Waals surface area contributed by atoms with Crippen molar-refractivity contribution in [3.05, 3.63) is 47.0 Å². The number of hydrogen-bond acceptors (Lipinski definition) is 2. The van der Waals surface area contributed by atoms with Gasteiger partial charge in [-0.25, -0.2) is 0 Å². The van der Waals surface area contributed by atoms with Crippen LogP contribution in [0.4, 0.5) is 19.0 Å². The number of H-pyrrole nitrogens is 1. The van der Waals surface area contributed by atoms with E-state index in [-0.39, 0.29) is 16.4 Å². The van der Waals surface area contributed by atoms with E-state index in [0.29, 0.717) is 22.9 Å². The molecule has 2 N–H and O–H groups in total. The molecule has 1 amide bonds. The lowest BCUT2D eigenvalue weighted by atomic mass is 9.98. The lowest BCUT2D eigenvalue weighted by Crippen LogP contribution is -2.07. The quantitative estimate of drug-likeness (QED) is 0.692. The maximum absolute atomic E-state index is 13.2. The van der Waals surface area contributed by atoms with Gasteiger partial charge in [0.05, 0.1) is 11.1 Å². The Balaban J connectivity index is 2.21. The molecule has 0 atom stereocenters. The topological polar surface area (TPSA) is 57.8 Å². The fourth-order valence-electron chi connectivity index (χ4n) is 2.35. The monoisotopic (exact) mass is 339 g/mol. The van der Waals surface area contributed by atoms with E-state index in [0.717, 1.165) is 6.07 Å². The molecule has 0 spiro atoms. The number of aromatic nitrogens is 2. The number of nitrogens with one attached hydrogen (secondary N) is 2. The van der Waals surface area contributed by atoms with E-state index >= 15 is 0 Å². The van der Waals surface area contributed by atoms with Gasteiger partial charge in [-0.2, -0.15) is 18.3 Å². The molecule has 0 aliphatic carbocycles. The second-order valence-corrected chi connectivity index (χ2v) is 5.22. The van der Waals surface area contributed by atoms with Crippen molar-refractivity contribution < 1.29 is 18.0 Å². The number of alkyl halides is 3. The van der Waals surface area contributed by atoms with Gasteiger partial charge < -0.3 is 5.32 Å². The van der Waals surface area contributed by atoms with Crippen LogP contribution in [-0.2, 0) is 11.0 Å². The Hall–Kier alpha value is -2.54. The molecule has 3 rings (SSSR count). The second-order valence-electron chi connectivity index (χ2n) is 4.78. The molecule has 1 heterocycles. The molecule has 0 aliphatic heterocycles. The van der Waals surface area contributed by atoms with Crippen LogP contribution in [-0.4, -0.2) is 16.6 Å². The molecule has 0 aliphatic rings. The molecule has 0 saturated carbocycles.